The van der Waals surface area contributed by atoms with Crippen molar-refractivity contribution in [3.05, 3.63) is 42.5 Å². The minimum absolute atomic E-state index is 0.464. The quantitative estimate of drug-likeness (QED) is 0.508. The second-order valence-corrected chi connectivity index (χ2v) is 6.43. The number of fused-ring (bicyclic) bond motifs is 1. The lowest BCUT2D eigenvalue weighted by Gasteiger charge is -2.29. The Morgan fingerprint density at radius 2 is 1.76 bits per heavy atom. The minimum Gasteiger partial charge on any atom is -0.493 e. The molecule has 0 bridgehead atoms. The predicted molar refractivity (Wildman–Crippen MR) is 114 cm³/mol. The monoisotopic (exact) mass is 393 g/mol. The molecule has 0 atom stereocenters. The van der Waals surface area contributed by atoms with Crippen molar-refractivity contribution in [1.82, 2.24) is 9.97 Å². The Morgan fingerprint density at radius 1 is 1.03 bits per heavy atom. The van der Waals surface area contributed by atoms with Gasteiger partial charge in [-0.2, -0.15) is 4.98 Å². The van der Waals surface area contributed by atoms with Gasteiger partial charge in [0.25, 0.3) is 0 Å². The van der Waals surface area contributed by atoms with Gasteiger partial charge in [-0.05, 0) is 18.2 Å². The third kappa shape index (κ3) is 4.22. The number of hydrogen-bond acceptors (Lipinski definition) is 7. The zero-order valence-electron chi connectivity index (χ0n) is 16.5. The van der Waals surface area contributed by atoms with Gasteiger partial charge in [0.2, 0.25) is 5.95 Å². The van der Waals surface area contributed by atoms with Crippen LogP contribution in [0.3, 0.4) is 0 Å². The maximum absolute atomic E-state index is 5.49. The fourth-order valence-electron chi connectivity index (χ4n) is 3.20. The molecule has 0 unspecified atom stereocenters. The summed E-state index contributed by atoms with van der Waals surface area (Å²) in [6.45, 7) is 2.85. The topological polar surface area (TPSA) is 81.1 Å². The maximum atomic E-state index is 5.49. The van der Waals surface area contributed by atoms with Gasteiger partial charge in [-0.25, -0.2) is 9.98 Å². The highest BCUT2D eigenvalue weighted by Crippen LogP contribution is 2.36. The van der Waals surface area contributed by atoms with Crippen LogP contribution in [0.1, 0.15) is 0 Å². The molecule has 8 heteroatoms. The van der Waals surface area contributed by atoms with E-state index in [2.05, 4.69) is 20.2 Å². The Bertz CT molecular complexity index is 1000. The number of hydrogen-bond donors (Lipinski definition) is 1. The highest BCUT2D eigenvalue weighted by Gasteiger charge is 2.19. The van der Waals surface area contributed by atoms with Crippen molar-refractivity contribution >= 4 is 34.7 Å². The summed E-state index contributed by atoms with van der Waals surface area (Å²) in [5.74, 6) is 2.56. The van der Waals surface area contributed by atoms with E-state index >= 15 is 0 Å². The van der Waals surface area contributed by atoms with E-state index in [0.717, 1.165) is 35.5 Å². The van der Waals surface area contributed by atoms with Crippen LogP contribution in [-0.2, 0) is 4.74 Å². The summed E-state index contributed by atoms with van der Waals surface area (Å²) in [6, 6.07) is 13.5. The van der Waals surface area contributed by atoms with Gasteiger partial charge in [0, 0.05) is 24.5 Å². The first-order chi connectivity index (χ1) is 14.3. The molecular weight excluding hydrogens is 370 g/mol. The summed E-state index contributed by atoms with van der Waals surface area (Å²) in [5, 5.41) is 3.99. The number of morpholine rings is 1. The van der Waals surface area contributed by atoms with Crippen molar-refractivity contribution in [2.45, 2.75) is 0 Å². The zero-order valence-corrected chi connectivity index (χ0v) is 16.5. The predicted octanol–water partition coefficient (Wildman–Crippen LogP) is 3.26. The Labute approximate surface area is 169 Å². The Kier molecular flexibility index (Phi) is 5.71. The first kappa shape index (κ1) is 18.9. The average molecular weight is 393 g/mol. The molecule has 0 amide bonds. The lowest BCUT2D eigenvalue weighted by atomic mass is 10.2. The van der Waals surface area contributed by atoms with E-state index in [1.807, 2.05) is 42.5 Å². The Balaban J connectivity index is 1.73. The number of nitrogens with one attached hydrogen (secondary N) is 1. The summed E-state index contributed by atoms with van der Waals surface area (Å²) in [5.41, 5.74) is 1.61. The number of rotatable bonds is 6. The van der Waals surface area contributed by atoms with E-state index in [0.29, 0.717) is 30.7 Å². The van der Waals surface area contributed by atoms with Gasteiger partial charge in [-0.1, -0.05) is 18.2 Å². The van der Waals surface area contributed by atoms with Gasteiger partial charge in [-0.3, -0.25) is 0 Å². The van der Waals surface area contributed by atoms with E-state index in [4.69, 9.17) is 19.2 Å². The average Bonchev–Trinajstić information content (AvgIpc) is 2.79. The largest absolute Gasteiger partial charge is 0.493 e. The van der Waals surface area contributed by atoms with Crippen LogP contribution < -0.4 is 19.7 Å². The third-order valence-electron chi connectivity index (χ3n) is 4.66. The Hall–Kier alpha value is -3.39. The fourth-order valence-corrected chi connectivity index (χ4v) is 3.20. The molecule has 150 valence electrons. The molecule has 1 aliphatic heterocycles. The van der Waals surface area contributed by atoms with Gasteiger partial charge in [0.15, 0.2) is 11.5 Å². The lowest BCUT2D eigenvalue weighted by molar-refractivity contribution is 0.122. The molecule has 8 nitrogen and oxygen atoms in total. The molecule has 4 rings (SSSR count). The van der Waals surface area contributed by atoms with Crippen LogP contribution in [0.15, 0.2) is 47.5 Å². The minimum atomic E-state index is 0.464. The molecule has 0 radical (unpaired) electrons. The first-order valence-corrected chi connectivity index (χ1v) is 9.39. The zero-order chi connectivity index (χ0) is 20.1. The van der Waals surface area contributed by atoms with Gasteiger partial charge < -0.3 is 24.4 Å². The SMILES string of the molecule is COc1cc2nc(N/C=N/c3ccccc3)nc(N3CCOCC3)c2cc1OC. The van der Waals surface area contributed by atoms with Crippen molar-refractivity contribution < 1.29 is 14.2 Å². The number of aliphatic imine (C=N–C) groups is 1. The first-order valence-electron chi connectivity index (χ1n) is 9.39. The van der Waals surface area contributed by atoms with E-state index in [1.54, 1.807) is 20.6 Å². The molecule has 1 N–H and O–H groups in total. The number of benzene rings is 2. The van der Waals surface area contributed by atoms with E-state index in [1.165, 1.54) is 0 Å². The number of nitrogens with zero attached hydrogens (tertiary/aromatic N) is 4. The highest BCUT2D eigenvalue weighted by molar-refractivity contribution is 5.94. The summed E-state index contributed by atoms with van der Waals surface area (Å²) in [7, 11) is 3.23. The summed E-state index contributed by atoms with van der Waals surface area (Å²) < 4.78 is 16.4. The van der Waals surface area contributed by atoms with E-state index in [9.17, 15) is 0 Å². The van der Waals surface area contributed by atoms with Crippen LogP contribution in [0.4, 0.5) is 17.5 Å². The second kappa shape index (κ2) is 8.74. The van der Waals surface area contributed by atoms with Gasteiger partial charge in [0.1, 0.15) is 5.82 Å². The number of methoxy groups -OCH3 is 2. The number of aromatic nitrogens is 2. The van der Waals surface area contributed by atoms with Crippen molar-refractivity contribution in [3.8, 4) is 11.5 Å². The van der Waals surface area contributed by atoms with Crippen LogP contribution in [0.5, 0.6) is 11.5 Å². The normalized spacial score (nSPS) is 14.3. The molecule has 1 aliphatic rings. The molecule has 0 saturated carbocycles. The fraction of sp³-hybridized carbons (Fsp3) is 0.286. The molecule has 0 aliphatic carbocycles. The van der Waals surface area contributed by atoms with Crippen LogP contribution in [-0.4, -0.2) is 56.8 Å². The van der Waals surface area contributed by atoms with Crippen molar-refractivity contribution in [2.24, 2.45) is 4.99 Å². The second-order valence-electron chi connectivity index (χ2n) is 6.43. The van der Waals surface area contributed by atoms with E-state index in [-0.39, 0.29) is 0 Å². The molecule has 1 fully saturated rings. The third-order valence-corrected chi connectivity index (χ3v) is 4.66. The maximum Gasteiger partial charge on any atom is 0.230 e. The molecule has 1 saturated heterocycles. The van der Waals surface area contributed by atoms with Crippen molar-refractivity contribution in [1.29, 1.82) is 0 Å². The van der Waals surface area contributed by atoms with Gasteiger partial charge >= 0.3 is 0 Å². The van der Waals surface area contributed by atoms with Crippen molar-refractivity contribution in [2.75, 3.05) is 50.7 Å². The lowest BCUT2D eigenvalue weighted by Crippen LogP contribution is -2.37. The summed E-state index contributed by atoms with van der Waals surface area (Å²) >= 11 is 0. The van der Waals surface area contributed by atoms with Gasteiger partial charge in [0.05, 0.1) is 45.0 Å². The standard InChI is InChI=1S/C21H23N5O3/c1-27-18-12-16-17(13-19(18)28-2)24-21(23-14-22-15-6-4-3-5-7-15)25-20(16)26-8-10-29-11-9-26/h3-7,12-14H,8-11H2,1-2H3,(H,22,23,24,25). The van der Waals surface area contributed by atoms with Crippen LogP contribution in [0, 0.1) is 0 Å². The van der Waals surface area contributed by atoms with Crippen LogP contribution in [0.25, 0.3) is 10.9 Å². The molecule has 2 heterocycles. The molecular formula is C21H23N5O3. The molecule has 1 aromatic heterocycles. The number of para-hydroxylation sites is 1. The number of ether oxygens (including phenoxy) is 3. The van der Waals surface area contributed by atoms with E-state index < -0.39 is 0 Å². The molecule has 3 aromatic rings. The van der Waals surface area contributed by atoms with Crippen LogP contribution in [0.2, 0.25) is 0 Å². The van der Waals surface area contributed by atoms with Crippen molar-refractivity contribution in [3.63, 3.8) is 0 Å². The number of anilines is 2. The molecule has 29 heavy (non-hydrogen) atoms. The molecule has 2 aromatic carbocycles. The Morgan fingerprint density at radius 3 is 2.48 bits per heavy atom. The summed E-state index contributed by atoms with van der Waals surface area (Å²) in [4.78, 5) is 16.0. The van der Waals surface area contributed by atoms with Gasteiger partial charge in [-0.15, -0.1) is 0 Å². The summed E-state index contributed by atoms with van der Waals surface area (Å²) in [6.07, 6.45) is 1.60. The smallest absolute Gasteiger partial charge is 0.230 e. The molecule has 0 spiro atoms. The van der Waals surface area contributed by atoms with Crippen LogP contribution >= 0.6 is 0 Å². The highest BCUT2D eigenvalue weighted by atomic mass is 16.5.